The van der Waals surface area contributed by atoms with Crippen molar-refractivity contribution in [2.45, 2.75) is 25.9 Å². The molecule has 0 aromatic carbocycles. The lowest BCUT2D eigenvalue weighted by atomic mass is 9.97. The van der Waals surface area contributed by atoms with Crippen LogP contribution in [0.25, 0.3) is 0 Å². The standard InChI is InChI=1S/C7H14O2/c1-6-3-2-4-9-7(6)5-8/h6-8H,2-5H2,1H3/t6?,7-/m1/s1. The summed E-state index contributed by atoms with van der Waals surface area (Å²) in [5.74, 6) is 0.545. The van der Waals surface area contributed by atoms with Crippen molar-refractivity contribution in [1.82, 2.24) is 0 Å². The third-order valence-corrected chi connectivity index (χ3v) is 1.95. The van der Waals surface area contributed by atoms with E-state index in [0.29, 0.717) is 5.92 Å². The van der Waals surface area contributed by atoms with Crippen LogP contribution in [0.15, 0.2) is 0 Å². The highest BCUT2D eigenvalue weighted by atomic mass is 16.5. The summed E-state index contributed by atoms with van der Waals surface area (Å²) >= 11 is 0. The van der Waals surface area contributed by atoms with Gasteiger partial charge in [0.05, 0.1) is 12.7 Å². The van der Waals surface area contributed by atoms with Crippen LogP contribution in [0.4, 0.5) is 0 Å². The molecule has 1 aliphatic rings. The molecule has 1 heterocycles. The maximum Gasteiger partial charge on any atom is 0.0831 e. The van der Waals surface area contributed by atoms with Gasteiger partial charge in [-0.05, 0) is 18.8 Å². The topological polar surface area (TPSA) is 29.5 Å². The van der Waals surface area contributed by atoms with E-state index in [4.69, 9.17) is 9.84 Å². The summed E-state index contributed by atoms with van der Waals surface area (Å²) in [6, 6.07) is 0. The predicted octanol–water partition coefficient (Wildman–Crippen LogP) is 0.794. The SMILES string of the molecule is CC1CCCO[C@@H]1CO. The maximum atomic E-state index is 8.74. The minimum absolute atomic E-state index is 0.110. The summed E-state index contributed by atoms with van der Waals surface area (Å²) in [6.45, 7) is 3.14. The highest BCUT2D eigenvalue weighted by Crippen LogP contribution is 2.18. The Morgan fingerprint density at radius 2 is 2.44 bits per heavy atom. The van der Waals surface area contributed by atoms with E-state index in [0.717, 1.165) is 13.0 Å². The monoisotopic (exact) mass is 130 g/mol. The Morgan fingerprint density at radius 3 is 2.89 bits per heavy atom. The molecule has 1 N–H and O–H groups in total. The predicted molar refractivity (Wildman–Crippen MR) is 35.2 cm³/mol. The van der Waals surface area contributed by atoms with Crippen molar-refractivity contribution in [2.75, 3.05) is 13.2 Å². The highest BCUT2D eigenvalue weighted by molar-refractivity contribution is 4.69. The van der Waals surface area contributed by atoms with Crippen LogP contribution in [0, 0.1) is 5.92 Å². The molecule has 0 aliphatic carbocycles. The largest absolute Gasteiger partial charge is 0.394 e. The number of ether oxygens (including phenoxy) is 1. The molecule has 2 heteroatoms. The van der Waals surface area contributed by atoms with E-state index in [-0.39, 0.29) is 12.7 Å². The molecule has 2 atom stereocenters. The van der Waals surface area contributed by atoms with Gasteiger partial charge in [-0.25, -0.2) is 0 Å². The zero-order chi connectivity index (χ0) is 6.69. The quantitative estimate of drug-likeness (QED) is 0.568. The summed E-state index contributed by atoms with van der Waals surface area (Å²) in [5.41, 5.74) is 0. The molecular weight excluding hydrogens is 116 g/mol. The Labute approximate surface area is 55.8 Å². The number of aliphatic hydroxyl groups excluding tert-OH is 1. The van der Waals surface area contributed by atoms with Gasteiger partial charge in [0.25, 0.3) is 0 Å². The summed E-state index contributed by atoms with van der Waals surface area (Å²) in [5, 5.41) is 8.74. The normalized spacial score (nSPS) is 36.7. The van der Waals surface area contributed by atoms with E-state index < -0.39 is 0 Å². The number of rotatable bonds is 1. The zero-order valence-electron chi connectivity index (χ0n) is 5.84. The van der Waals surface area contributed by atoms with Gasteiger partial charge in [-0.1, -0.05) is 6.92 Å². The van der Waals surface area contributed by atoms with Crippen molar-refractivity contribution in [2.24, 2.45) is 5.92 Å². The highest BCUT2D eigenvalue weighted by Gasteiger charge is 2.20. The molecule has 1 saturated heterocycles. The molecule has 1 rings (SSSR count). The van der Waals surface area contributed by atoms with Gasteiger partial charge in [0.1, 0.15) is 0 Å². The Kier molecular flexibility index (Phi) is 2.49. The number of hydrogen-bond acceptors (Lipinski definition) is 2. The average molecular weight is 130 g/mol. The zero-order valence-corrected chi connectivity index (χ0v) is 5.84. The van der Waals surface area contributed by atoms with Crippen molar-refractivity contribution in [3.63, 3.8) is 0 Å². The van der Waals surface area contributed by atoms with Crippen LogP contribution < -0.4 is 0 Å². The number of aliphatic hydroxyl groups is 1. The van der Waals surface area contributed by atoms with Gasteiger partial charge in [0, 0.05) is 6.61 Å². The average Bonchev–Trinajstić information content (AvgIpc) is 1.89. The molecule has 0 spiro atoms. The van der Waals surface area contributed by atoms with E-state index in [1.807, 2.05) is 0 Å². The van der Waals surface area contributed by atoms with Crippen LogP contribution in [0.1, 0.15) is 19.8 Å². The van der Waals surface area contributed by atoms with Crippen LogP contribution in [0.5, 0.6) is 0 Å². The third kappa shape index (κ3) is 1.66. The third-order valence-electron chi connectivity index (χ3n) is 1.95. The lowest BCUT2D eigenvalue weighted by Crippen LogP contribution is -2.30. The summed E-state index contributed by atoms with van der Waals surface area (Å²) in [4.78, 5) is 0. The van der Waals surface area contributed by atoms with Crippen molar-refractivity contribution >= 4 is 0 Å². The first-order valence-corrected chi connectivity index (χ1v) is 3.57. The lowest BCUT2D eigenvalue weighted by molar-refractivity contribution is -0.0493. The van der Waals surface area contributed by atoms with Gasteiger partial charge < -0.3 is 9.84 Å². The first-order valence-electron chi connectivity index (χ1n) is 3.57. The Hall–Kier alpha value is -0.0800. The van der Waals surface area contributed by atoms with Gasteiger partial charge in [-0.15, -0.1) is 0 Å². The molecule has 0 aromatic heterocycles. The Bertz CT molecular complexity index is 83.0. The Balaban J connectivity index is 2.30. The van der Waals surface area contributed by atoms with E-state index in [1.165, 1.54) is 6.42 Å². The van der Waals surface area contributed by atoms with Crippen LogP contribution >= 0.6 is 0 Å². The summed E-state index contributed by atoms with van der Waals surface area (Å²) in [6.07, 6.45) is 2.46. The molecule has 1 unspecified atom stereocenters. The minimum atomic E-state index is 0.110. The lowest BCUT2D eigenvalue weighted by Gasteiger charge is -2.27. The fourth-order valence-corrected chi connectivity index (χ4v) is 1.22. The van der Waals surface area contributed by atoms with E-state index in [9.17, 15) is 0 Å². The molecule has 2 nitrogen and oxygen atoms in total. The number of hydrogen-bond donors (Lipinski definition) is 1. The van der Waals surface area contributed by atoms with Crippen LogP contribution in [0.2, 0.25) is 0 Å². The van der Waals surface area contributed by atoms with Gasteiger partial charge >= 0.3 is 0 Å². The molecule has 0 saturated carbocycles. The van der Waals surface area contributed by atoms with Gasteiger partial charge in [0.2, 0.25) is 0 Å². The van der Waals surface area contributed by atoms with Gasteiger partial charge in [-0.3, -0.25) is 0 Å². The molecule has 0 amide bonds. The molecule has 9 heavy (non-hydrogen) atoms. The van der Waals surface area contributed by atoms with E-state index in [1.54, 1.807) is 0 Å². The first kappa shape index (κ1) is 7.03. The van der Waals surface area contributed by atoms with Crippen molar-refractivity contribution in [3.05, 3.63) is 0 Å². The Morgan fingerprint density at radius 1 is 1.67 bits per heavy atom. The molecule has 54 valence electrons. The van der Waals surface area contributed by atoms with Crippen LogP contribution in [-0.4, -0.2) is 24.4 Å². The van der Waals surface area contributed by atoms with Crippen molar-refractivity contribution in [1.29, 1.82) is 0 Å². The van der Waals surface area contributed by atoms with E-state index >= 15 is 0 Å². The smallest absolute Gasteiger partial charge is 0.0831 e. The fourth-order valence-electron chi connectivity index (χ4n) is 1.22. The first-order chi connectivity index (χ1) is 4.34. The van der Waals surface area contributed by atoms with Gasteiger partial charge in [-0.2, -0.15) is 0 Å². The van der Waals surface area contributed by atoms with Gasteiger partial charge in [0.15, 0.2) is 0 Å². The minimum Gasteiger partial charge on any atom is -0.394 e. The van der Waals surface area contributed by atoms with Crippen LogP contribution in [0.3, 0.4) is 0 Å². The molecular formula is C7H14O2. The second-order valence-corrected chi connectivity index (χ2v) is 2.71. The molecule has 1 fully saturated rings. The molecule has 0 aromatic rings. The molecule has 0 bridgehead atoms. The second-order valence-electron chi connectivity index (χ2n) is 2.71. The van der Waals surface area contributed by atoms with Crippen LogP contribution in [-0.2, 0) is 4.74 Å². The van der Waals surface area contributed by atoms with Crippen molar-refractivity contribution in [3.8, 4) is 0 Å². The second kappa shape index (κ2) is 3.18. The molecule has 1 aliphatic heterocycles. The van der Waals surface area contributed by atoms with Crippen molar-refractivity contribution < 1.29 is 9.84 Å². The summed E-state index contributed by atoms with van der Waals surface area (Å²) in [7, 11) is 0. The fraction of sp³-hybridized carbons (Fsp3) is 1.00. The maximum absolute atomic E-state index is 8.74. The van der Waals surface area contributed by atoms with E-state index in [2.05, 4.69) is 6.92 Å². The summed E-state index contributed by atoms with van der Waals surface area (Å²) < 4.78 is 5.29. The molecule has 0 radical (unpaired) electrons.